The SMILES string of the molecule is Cc1cccc(CCN2CCNC(C(C)C)C2)c1. The molecule has 1 heterocycles. The fourth-order valence-electron chi connectivity index (χ4n) is 2.65. The van der Waals surface area contributed by atoms with E-state index in [0.717, 1.165) is 12.5 Å². The van der Waals surface area contributed by atoms with E-state index in [1.165, 1.54) is 37.2 Å². The van der Waals surface area contributed by atoms with Crippen molar-refractivity contribution in [3.8, 4) is 0 Å². The van der Waals surface area contributed by atoms with Gasteiger partial charge in [-0.2, -0.15) is 0 Å². The minimum atomic E-state index is 0.663. The number of nitrogens with zero attached hydrogens (tertiary/aromatic N) is 1. The molecule has 2 heteroatoms. The Labute approximate surface area is 111 Å². The van der Waals surface area contributed by atoms with E-state index in [2.05, 4.69) is 55.3 Å². The summed E-state index contributed by atoms with van der Waals surface area (Å²) in [4.78, 5) is 2.60. The van der Waals surface area contributed by atoms with Gasteiger partial charge in [0.25, 0.3) is 0 Å². The highest BCUT2D eigenvalue weighted by Crippen LogP contribution is 2.10. The smallest absolute Gasteiger partial charge is 0.0218 e. The van der Waals surface area contributed by atoms with Crippen molar-refractivity contribution in [3.05, 3.63) is 35.4 Å². The van der Waals surface area contributed by atoms with Gasteiger partial charge >= 0.3 is 0 Å². The molecule has 1 aromatic carbocycles. The van der Waals surface area contributed by atoms with Crippen molar-refractivity contribution in [2.45, 2.75) is 33.2 Å². The summed E-state index contributed by atoms with van der Waals surface area (Å²) in [5.41, 5.74) is 2.84. The van der Waals surface area contributed by atoms with Crippen LogP contribution < -0.4 is 5.32 Å². The topological polar surface area (TPSA) is 15.3 Å². The fourth-order valence-corrected chi connectivity index (χ4v) is 2.65. The van der Waals surface area contributed by atoms with Crippen LogP contribution in [0.5, 0.6) is 0 Å². The Morgan fingerprint density at radius 1 is 1.39 bits per heavy atom. The zero-order chi connectivity index (χ0) is 13.0. The first kappa shape index (κ1) is 13.6. The van der Waals surface area contributed by atoms with Crippen LogP contribution in [0.3, 0.4) is 0 Å². The lowest BCUT2D eigenvalue weighted by Gasteiger charge is -2.35. The zero-order valence-electron chi connectivity index (χ0n) is 11.9. The van der Waals surface area contributed by atoms with Gasteiger partial charge in [0, 0.05) is 32.2 Å². The van der Waals surface area contributed by atoms with Crippen molar-refractivity contribution in [1.82, 2.24) is 10.2 Å². The van der Waals surface area contributed by atoms with Crippen molar-refractivity contribution in [2.75, 3.05) is 26.2 Å². The molecule has 1 aromatic rings. The molecular formula is C16H26N2. The molecule has 1 N–H and O–H groups in total. The Bertz CT molecular complexity index is 373. The highest BCUT2D eigenvalue weighted by molar-refractivity contribution is 5.22. The number of aryl methyl sites for hydroxylation is 1. The maximum atomic E-state index is 3.61. The fraction of sp³-hybridized carbons (Fsp3) is 0.625. The molecule has 2 nitrogen and oxygen atoms in total. The van der Waals surface area contributed by atoms with E-state index in [9.17, 15) is 0 Å². The van der Waals surface area contributed by atoms with Gasteiger partial charge in [0.05, 0.1) is 0 Å². The van der Waals surface area contributed by atoms with E-state index in [1.807, 2.05) is 0 Å². The first-order valence-electron chi connectivity index (χ1n) is 7.16. The van der Waals surface area contributed by atoms with Crippen LogP contribution in [-0.4, -0.2) is 37.1 Å². The van der Waals surface area contributed by atoms with E-state index in [4.69, 9.17) is 0 Å². The highest BCUT2D eigenvalue weighted by Gasteiger charge is 2.21. The molecule has 1 unspecified atom stereocenters. The molecule has 1 fully saturated rings. The third-order valence-corrected chi connectivity index (χ3v) is 3.89. The number of rotatable bonds is 4. The second-order valence-electron chi connectivity index (χ2n) is 5.84. The van der Waals surface area contributed by atoms with Crippen LogP contribution in [0.25, 0.3) is 0 Å². The van der Waals surface area contributed by atoms with Crippen LogP contribution in [0.15, 0.2) is 24.3 Å². The summed E-state index contributed by atoms with van der Waals surface area (Å²) in [6.07, 6.45) is 1.17. The van der Waals surface area contributed by atoms with Crippen molar-refractivity contribution in [3.63, 3.8) is 0 Å². The molecule has 1 atom stereocenters. The van der Waals surface area contributed by atoms with Crippen molar-refractivity contribution in [1.29, 1.82) is 0 Å². The van der Waals surface area contributed by atoms with Crippen LogP contribution >= 0.6 is 0 Å². The van der Waals surface area contributed by atoms with Gasteiger partial charge in [-0.05, 0) is 24.8 Å². The molecule has 100 valence electrons. The van der Waals surface area contributed by atoms with Crippen molar-refractivity contribution in [2.24, 2.45) is 5.92 Å². The monoisotopic (exact) mass is 246 g/mol. The van der Waals surface area contributed by atoms with Gasteiger partial charge < -0.3 is 10.2 Å². The normalized spacial score (nSPS) is 21.4. The van der Waals surface area contributed by atoms with Crippen LogP contribution in [-0.2, 0) is 6.42 Å². The Balaban J connectivity index is 1.83. The van der Waals surface area contributed by atoms with Gasteiger partial charge in [-0.25, -0.2) is 0 Å². The molecule has 0 radical (unpaired) electrons. The van der Waals surface area contributed by atoms with E-state index in [-0.39, 0.29) is 0 Å². The molecule has 0 saturated carbocycles. The number of piperazine rings is 1. The van der Waals surface area contributed by atoms with Crippen LogP contribution in [0.4, 0.5) is 0 Å². The molecule has 0 spiro atoms. The third-order valence-electron chi connectivity index (χ3n) is 3.89. The third kappa shape index (κ3) is 3.82. The first-order valence-corrected chi connectivity index (χ1v) is 7.16. The summed E-state index contributed by atoms with van der Waals surface area (Å²) in [5, 5.41) is 3.61. The van der Waals surface area contributed by atoms with Crippen molar-refractivity contribution >= 4 is 0 Å². The average molecular weight is 246 g/mol. The lowest BCUT2D eigenvalue weighted by Crippen LogP contribution is -2.53. The summed E-state index contributed by atoms with van der Waals surface area (Å²) in [6, 6.07) is 9.55. The minimum Gasteiger partial charge on any atom is -0.311 e. The van der Waals surface area contributed by atoms with E-state index < -0.39 is 0 Å². The second kappa shape index (κ2) is 6.35. The maximum absolute atomic E-state index is 3.61. The largest absolute Gasteiger partial charge is 0.311 e. The number of hydrogen-bond acceptors (Lipinski definition) is 2. The molecule has 0 amide bonds. The molecule has 0 aliphatic carbocycles. The van der Waals surface area contributed by atoms with Crippen LogP contribution in [0.2, 0.25) is 0 Å². The number of nitrogens with one attached hydrogen (secondary N) is 1. The number of benzene rings is 1. The quantitative estimate of drug-likeness (QED) is 0.878. The summed E-state index contributed by atoms with van der Waals surface area (Å²) in [5.74, 6) is 0.728. The summed E-state index contributed by atoms with van der Waals surface area (Å²) >= 11 is 0. The molecular weight excluding hydrogens is 220 g/mol. The Morgan fingerprint density at radius 3 is 2.94 bits per heavy atom. The van der Waals surface area contributed by atoms with E-state index in [0.29, 0.717) is 6.04 Å². The molecule has 0 bridgehead atoms. The average Bonchev–Trinajstić information content (AvgIpc) is 2.37. The van der Waals surface area contributed by atoms with Crippen molar-refractivity contribution < 1.29 is 0 Å². The molecule has 1 saturated heterocycles. The summed E-state index contributed by atoms with van der Waals surface area (Å²) in [6.45, 7) is 11.5. The maximum Gasteiger partial charge on any atom is 0.0218 e. The standard InChI is InChI=1S/C16H26N2/c1-13(2)16-12-18(10-8-17-16)9-7-15-6-4-5-14(3)11-15/h4-6,11,13,16-17H,7-10,12H2,1-3H3. The van der Waals surface area contributed by atoms with Gasteiger partial charge in [-0.3, -0.25) is 0 Å². The lowest BCUT2D eigenvalue weighted by atomic mass is 10.0. The van der Waals surface area contributed by atoms with Gasteiger partial charge in [0.1, 0.15) is 0 Å². The van der Waals surface area contributed by atoms with E-state index >= 15 is 0 Å². The Kier molecular flexibility index (Phi) is 4.79. The molecule has 1 aliphatic rings. The van der Waals surface area contributed by atoms with Gasteiger partial charge in [-0.15, -0.1) is 0 Å². The first-order chi connectivity index (χ1) is 8.65. The predicted molar refractivity (Wildman–Crippen MR) is 78.0 cm³/mol. The molecule has 18 heavy (non-hydrogen) atoms. The van der Waals surface area contributed by atoms with Gasteiger partial charge in [-0.1, -0.05) is 43.7 Å². The molecule has 1 aliphatic heterocycles. The molecule has 0 aromatic heterocycles. The summed E-state index contributed by atoms with van der Waals surface area (Å²) < 4.78 is 0. The van der Waals surface area contributed by atoms with Gasteiger partial charge in [0.2, 0.25) is 0 Å². The van der Waals surface area contributed by atoms with Crippen LogP contribution in [0, 0.1) is 12.8 Å². The predicted octanol–water partition coefficient (Wildman–Crippen LogP) is 2.47. The lowest BCUT2D eigenvalue weighted by molar-refractivity contribution is 0.177. The Hall–Kier alpha value is -0.860. The summed E-state index contributed by atoms with van der Waals surface area (Å²) in [7, 11) is 0. The minimum absolute atomic E-state index is 0.663. The second-order valence-corrected chi connectivity index (χ2v) is 5.84. The molecule has 2 rings (SSSR count). The number of hydrogen-bond donors (Lipinski definition) is 1. The zero-order valence-corrected chi connectivity index (χ0v) is 11.9. The Morgan fingerprint density at radius 2 is 2.22 bits per heavy atom. The van der Waals surface area contributed by atoms with Crippen LogP contribution in [0.1, 0.15) is 25.0 Å². The van der Waals surface area contributed by atoms with E-state index in [1.54, 1.807) is 0 Å². The highest BCUT2D eigenvalue weighted by atomic mass is 15.2. The van der Waals surface area contributed by atoms with Gasteiger partial charge in [0.15, 0.2) is 0 Å².